The molecule has 31 heavy (non-hydrogen) atoms. The zero-order valence-electron chi connectivity index (χ0n) is 18.3. The van der Waals surface area contributed by atoms with Gasteiger partial charge in [0.15, 0.2) is 5.16 Å². The number of aromatic nitrogens is 2. The molecular weight excluding hydrogens is 416 g/mol. The van der Waals surface area contributed by atoms with Crippen LogP contribution in [0.25, 0.3) is 10.9 Å². The molecule has 0 radical (unpaired) electrons. The molecule has 8 nitrogen and oxygen atoms in total. The van der Waals surface area contributed by atoms with Crippen molar-refractivity contribution in [3.05, 3.63) is 34.6 Å². The quantitative estimate of drug-likeness (QED) is 0.519. The molecule has 0 saturated carbocycles. The summed E-state index contributed by atoms with van der Waals surface area (Å²) in [6.07, 6.45) is 1.80. The molecule has 0 aliphatic carbocycles. The summed E-state index contributed by atoms with van der Waals surface area (Å²) in [5.41, 5.74) is 0.516. The van der Waals surface area contributed by atoms with Gasteiger partial charge < -0.3 is 15.0 Å². The molecule has 2 heterocycles. The van der Waals surface area contributed by atoms with E-state index in [1.165, 1.54) is 11.8 Å². The first-order valence-corrected chi connectivity index (χ1v) is 11.8. The summed E-state index contributed by atoms with van der Waals surface area (Å²) >= 11 is 1.28. The van der Waals surface area contributed by atoms with Gasteiger partial charge in [-0.3, -0.25) is 14.2 Å². The van der Waals surface area contributed by atoms with Crippen LogP contribution < -0.4 is 10.9 Å². The van der Waals surface area contributed by atoms with Crippen molar-refractivity contribution in [1.29, 1.82) is 0 Å². The molecule has 2 amide bonds. The average molecular weight is 447 g/mol. The summed E-state index contributed by atoms with van der Waals surface area (Å²) in [5, 5.41) is 4.05. The van der Waals surface area contributed by atoms with Gasteiger partial charge >= 0.3 is 6.09 Å². The molecular formula is C22H30N4O4S. The first-order chi connectivity index (χ1) is 14.9. The van der Waals surface area contributed by atoms with E-state index in [1.807, 2.05) is 32.0 Å². The number of hydrogen-bond donors (Lipinski definition) is 1. The topological polar surface area (TPSA) is 93.5 Å². The molecule has 1 aliphatic rings. The Morgan fingerprint density at radius 2 is 1.97 bits per heavy atom. The number of ether oxygens (including phenoxy) is 1. The summed E-state index contributed by atoms with van der Waals surface area (Å²) in [4.78, 5) is 44.0. The molecule has 0 unspecified atom stereocenters. The van der Waals surface area contributed by atoms with Crippen molar-refractivity contribution in [2.45, 2.75) is 57.3 Å². The number of piperidine rings is 1. The number of hydrogen-bond acceptors (Lipinski definition) is 6. The molecule has 1 aliphatic heterocycles. The van der Waals surface area contributed by atoms with Crippen LogP contribution in [-0.4, -0.2) is 57.9 Å². The second-order valence-electron chi connectivity index (χ2n) is 7.67. The maximum Gasteiger partial charge on any atom is 0.409 e. The molecule has 9 heteroatoms. The van der Waals surface area contributed by atoms with E-state index in [0.717, 1.165) is 6.42 Å². The van der Waals surface area contributed by atoms with Crippen molar-refractivity contribution in [3.63, 3.8) is 0 Å². The Kier molecular flexibility index (Phi) is 7.95. The van der Waals surface area contributed by atoms with E-state index in [1.54, 1.807) is 22.5 Å². The van der Waals surface area contributed by atoms with Crippen LogP contribution in [0, 0.1) is 0 Å². The maximum absolute atomic E-state index is 13.3. The molecule has 168 valence electrons. The molecule has 1 fully saturated rings. The summed E-state index contributed by atoms with van der Waals surface area (Å²) in [6.45, 7) is 7.13. The molecule has 1 atom stereocenters. The van der Waals surface area contributed by atoms with Crippen LogP contribution in [0.3, 0.4) is 0 Å². The van der Waals surface area contributed by atoms with Gasteiger partial charge in [-0.1, -0.05) is 30.8 Å². The van der Waals surface area contributed by atoms with Gasteiger partial charge in [0.2, 0.25) is 5.91 Å². The van der Waals surface area contributed by atoms with Gasteiger partial charge in [0.25, 0.3) is 5.56 Å². The number of carbonyl (C=O) groups excluding carboxylic acids is 2. The number of benzene rings is 1. The van der Waals surface area contributed by atoms with Crippen molar-refractivity contribution in [1.82, 2.24) is 19.8 Å². The second kappa shape index (κ2) is 10.7. The second-order valence-corrected chi connectivity index (χ2v) is 8.61. The number of para-hydroxylation sites is 1. The zero-order valence-corrected chi connectivity index (χ0v) is 19.1. The summed E-state index contributed by atoms with van der Waals surface area (Å²) in [5.74, 6) is 0.113. The van der Waals surface area contributed by atoms with Crippen LogP contribution in [0.2, 0.25) is 0 Å². The SMILES string of the molecule is CCOC(=O)N1CCC(n2c(SCC(=O)N[C@@H](C)CC)nc3ccccc3c2=O)CC1. The van der Waals surface area contributed by atoms with E-state index in [-0.39, 0.29) is 35.4 Å². The number of fused-ring (bicyclic) bond motifs is 1. The lowest BCUT2D eigenvalue weighted by Gasteiger charge is -2.33. The summed E-state index contributed by atoms with van der Waals surface area (Å²) < 4.78 is 6.81. The maximum atomic E-state index is 13.3. The van der Waals surface area contributed by atoms with Crippen LogP contribution in [-0.2, 0) is 9.53 Å². The monoisotopic (exact) mass is 446 g/mol. The normalized spacial score (nSPS) is 15.6. The first-order valence-electron chi connectivity index (χ1n) is 10.8. The number of thioether (sulfide) groups is 1. The van der Waals surface area contributed by atoms with Crippen molar-refractivity contribution in [2.75, 3.05) is 25.4 Å². The van der Waals surface area contributed by atoms with E-state index in [0.29, 0.717) is 48.6 Å². The number of rotatable bonds is 7. The van der Waals surface area contributed by atoms with E-state index >= 15 is 0 Å². The minimum atomic E-state index is -0.318. The molecule has 1 aromatic heterocycles. The number of carbonyl (C=O) groups is 2. The smallest absolute Gasteiger partial charge is 0.409 e. The predicted molar refractivity (Wildman–Crippen MR) is 121 cm³/mol. The Morgan fingerprint density at radius 3 is 2.65 bits per heavy atom. The van der Waals surface area contributed by atoms with Crippen molar-refractivity contribution >= 4 is 34.7 Å². The Bertz CT molecular complexity index is 985. The lowest BCUT2D eigenvalue weighted by atomic mass is 10.0. The first kappa shape index (κ1) is 23.1. The highest BCUT2D eigenvalue weighted by atomic mass is 32.2. The Balaban J connectivity index is 1.84. The highest BCUT2D eigenvalue weighted by molar-refractivity contribution is 7.99. The minimum absolute atomic E-state index is 0.0783. The van der Waals surface area contributed by atoms with Gasteiger partial charge in [0, 0.05) is 25.2 Å². The third-order valence-electron chi connectivity index (χ3n) is 5.48. The Morgan fingerprint density at radius 1 is 1.26 bits per heavy atom. The van der Waals surface area contributed by atoms with Crippen molar-refractivity contribution in [3.8, 4) is 0 Å². The highest BCUT2D eigenvalue weighted by Crippen LogP contribution is 2.27. The van der Waals surface area contributed by atoms with E-state index in [2.05, 4.69) is 5.32 Å². The number of nitrogens with zero attached hydrogens (tertiary/aromatic N) is 3. The molecule has 0 spiro atoms. The third kappa shape index (κ3) is 5.58. The molecule has 1 aromatic carbocycles. The largest absolute Gasteiger partial charge is 0.450 e. The van der Waals surface area contributed by atoms with Crippen molar-refractivity contribution < 1.29 is 14.3 Å². The lowest BCUT2D eigenvalue weighted by molar-refractivity contribution is -0.119. The van der Waals surface area contributed by atoms with Gasteiger partial charge in [0.1, 0.15) is 0 Å². The summed E-state index contributed by atoms with van der Waals surface area (Å²) in [7, 11) is 0. The van der Waals surface area contributed by atoms with Gasteiger partial charge in [-0.15, -0.1) is 0 Å². The molecule has 2 aromatic rings. The van der Waals surface area contributed by atoms with Crippen LogP contribution in [0.1, 0.15) is 46.1 Å². The fourth-order valence-corrected chi connectivity index (χ4v) is 4.50. The highest BCUT2D eigenvalue weighted by Gasteiger charge is 2.27. The fourth-order valence-electron chi connectivity index (χ4n) is 3.62. The van der Waals surface area contributed by atoms with Crippen LogP contribution in [0.5, 0.6) is 0 Å². The van der Waals surface area contributed by atoms with Gasteiger partial charge in [-0.25, -0.2) is 9.78 Å². The van der Waals surface area contributed by atoms with Gasteiger partial charge in [-0.2, -0.15) is 0 Å². The van der Waals surface area contributed by atoms with Gasteiger partial charge in [-0.05, 0) is 45.2 Å². The van der Waals surface area contributed by atoms with E-state index in [4.69, 9.17) is 9.72 Å². The number of nitrogens with one attached hydrogen (secondary N) is 1. The standard InChI is InChI=1S/C22H30N4O4S/c1-4-15(3)23-19(27)14-31-21-24-18-9-7-6-8-17(18)20(28)26(21)16-10-12-25(13-11-16)22(29)30-5-2/h6-9,15-16H,4-5,10-14H2,1-3H3,(H,23,27)/t15-/m0/s1. The lowest BCUT2D eigenvalue weighted by Crippen LogP contribution is -2.41. The summed E-state index contributed by atoms with van der Waals surface area (Å²) in [6, 6.07) is 7.28. The molecule has 1 saturated heterocycles. The molecule has 0 bridgehead atoms. The average Bonchev–Trinajstić information content (AvgIpc) is 2.78. The Hall–Kier alpha value is -2.55. The van der Waals surface area contributed by atoms with Crippen molar-refractivity contribution in [2.24, 2.45) is 0 Å². The minimum Gasteiger partial charge on any atom is -0.450 e. The molecule has 1 N–H and O–H groups in total. The molecule has 3 rings (SSSR count). The third-order valence-corrected chi connectivity index (χ3v) is 6.44. The van der Waals surface area contributed by atoms with Crippen LogP contribution in [0.15, 0.2) is 34.2 Å². The van der Waals surface area contributed by atoms with Crippen LogP contribution in [0.4, 0.5) is 4.79 Å². The zero-order chi connectivity index (χ0) is 22.4. The van der Waals surface area contributed by atoms with E-state index < -0.39 is 0 Å². The number of amides is 2. The predicted octanol–water partition coefficient (Wildman–Crippen LogP) is 3.20. The van der Waals surface area contributed by atoms with E-state index in [9.17, 15) is 14.4 Å². The van der Waals surface area contributed by atoms with Gasteiger partial charge in [0.05, 0.1) is 23.3 Å². The Labute approximate surface area is 186 Å². The number of likely N-dealkylation sites (tertiary alicyclic amines) is 1. The van der Waals surface area contributed by atoms with Crippen LogP contribution >= 0.6 is 11.8 Å². The fraction of sp³-hybridized carbons (Fsp3) is 0.545.